The van der Waals surface area contributed by atoms with Gasteiger partial charge in [0.1, 0.15) is 11.6 Å². The van der Waals surface area contributed by atoms with Gasteiger partial charge in [-0.05, 0) is 31.4 Å². The summed E-state index contributed by atoms with van der Waals surface area (Å²) in [5.41, 5.74) is 0. The minimum absolute atomic E-state index is 0.0278. The second-order valence-corrected chi connectivity index (χ2v) is 9.98. The van der Waals surface area contributed by atoms with Crippen LogP contribution in [0.15, 0.2) is 0 Å². The third-order valence-electron chi connectivity index (χ3n) is 5.53. The molecule has 206 valence electrons. The quantitative estimate of drug-likeness (QED) is 0.146. The molecule has 2 amide bonds. The summed E-state index contributed by atoms with van der Waals surface area (Å²) in [6.45, 7) is 5.04. The van der Waals surface area contributed by atoms with Gasteiger partial charge in [0.05, 0.1) is 38.1 Å². The topological polar surface area (TPSA) is 137 Å². The lowest BCUT2D eigenvalue weighted by atomic mass is 10.1. The summed E-state index contributed by atoms with van der Waals surface area (Å²) in [6.07, 6.45) is 4.13. The monoisotopic (exact) mass is 531 g/mol. The second-order valence-electron chi connectivity index (χ2n) is 8.50. The molecular weight excluding hydrogens is 490 g/mol. The first-order chi connectivity index (χ1) is 17.3. The highest BCUT2D eigenvalue weighted by atomic mass is 32.2. The summed E-state index contributed by atoms with van der Waals surface area (Å²) in [6, 6.07) is 0. The molecule has 0 spiro atoms. The lowest BCUT2D eigenvalue weighted by molar-refractivity contribution is -0.139. The Morgan fingerprint density at radius 2 is 1.33 bits per heavy atom. The molecule has 1 saturated heterocycles. The highest BCUT2D eigenvalue weighted by Gasteiger charge is 2.38. The molecule has 36 heavy (non-hydrogen) atoms. The number of imide groups is 1. The average Bonchev–Trinajstić information content (AvgIpc) is 3.11. The van der Waals surface area contributed by atoms with Crippen LogP contribution in [0.3, 0.4) is 0 Å². The van der Waals surface area contributed by atoms with Gasteiger partial charge >= 0.3 is 5.97 Å². The Bertz CT molecular complexity index is 701. The minimum Gasteiger partial charge on any atom is -0.481 e. The van der Waals surface area contributed by atoms with E-state index in [2.05, 4.69) is 0 Å². The fourth-order valence-corrected chi connectivity index (χ4v) is 4.48. The van der Waals surface area contributed by atoms with Gasteiger partial charge in [-0.1, -0.05) is 6.92 Å². The number of ketones is 2. The average molecular weight is 532 g/mol. The van der Waals surface area contributed by atoms with E-state index in [1.54, 1.807) is 0 Å². The van der Waals surface area contributed by atoms with E-state index in [-0.39, 0.29) is 60.9 Å². The summed E-state index contributed by atoms with van der Waals surface area (Å²) in [4.78, 5) is 59.3. The van der Waals surface area contributed by atoms with Crippen molar-refractivity contribution in [2.75, 3.05) is 51.9 Å². The van der Waals surface area contributed by atoms with Gasteiger partial charge in [0, 0.05) is 51.9 Å². The Kier molecular flexibility index (Phi) is 18.1. The van der Waals surface area contributed by atoms with Gasteiger partial charge in [0.15, 0.2) is 0 Å². The van der Waals surface area contributed by atoms with Crippen molar-refractivity contribution in [1.82, 2.24) is 4.90 Å². The molecule has 0 radical (unpaired) electrons. The van der Waals surface area contributed by atoms with Crippen LogP contribution in [0.4, 0.5) is 0 Å². The van der Waals surface area contributed by atoms with Crippen molar-refractivity contribution >= 4 is 41.1 Å². The molecule has 11 heteroatoms. The van der Waals surface area contributed by atoms with Crippen LogP contribution in [0.2, 0.25) is 0 Å². The number of carboxylic acid groups (broad SMARTS) is 1. The van der Waals surface area contributed by atoms with Crippen LogP contribution in [0.25, 0.3) is 0 Å². The number of thioether (sulfide) groups is 1. The van der Waals surface area contributed by atoms with E-state index < -0.39 is 5.97 Å². The summed E-state index contributed by atoms with van der Waals surface area (Å²) < 4.78 is 16.3. The number of carbonyl (C=O) groups is 5. The molecule has 0 saturated carbocycles. The van der Waals surface area contributed by atoms with Crippen molar-refractivity contribution in [2.24, 2.45) is 0 Å². The zero-order chi connectivity index (χ0) is 26.6. The van der Waals surface area contributed by atoms with Crippen molar-refractivity contribution in [3.63, 3.8) is 0 Å². The van der Waals surface area contributed by atoms with Gasteiger partial charge in [0.25, 0.3) is 0 Å². The van der Waals surface area contributed by atoms with E-state index in [0.29, 0.717) is 65.3 Å². The molecule has 1 heterocycles. The maximum absolute atomic E-state index is 12.2. The summed E-state index contributed by atoms with van der Waals surface area (Å²) in [5.74, 6) is -0.491. The minimum atomic E-state index is -0.951. The number of aliphatic carboxylic acids is 1. The zero-order valence-corrected chi connectivity index (χ0v) is 22.2. The smallest absolute Gasteiger partial charge is 0.303 e. The SMILES string of the molecule is CCSC1CC(=O)N(CCC(=O)CCCCOCCOCCOCCCCC(=O)CCC(=O)O)C1=O. The maximum atomic E-state index is 12.2. The van der Waals surface area contributed by atoms with Crippen molar-refractivity contribution in [2.45, 2.75) is 76.4 Å². The van der Waals surface area contributed by atoms with Gasteiger partial charge in [-0.2, -0.15) is 0 Å². The number of likely N-dealkylation sites (tertiary alicyclic amines) is 1. The number of rotatable bonds is 24. The fourth-order valence-electron chi connectivity index (χ4n) is 3.55. The number of hydrogen-bond acceptors (Lipinski definition) is 9. The second kappa shape index (κ2) is 20.3. The summed E-state index contributed by atoms with van der Waals surface area (Å²) >= 11 is 1.47. The van der Waals surface area contributed by atoms with Crippen molar-refractivity contribution in [3.8, 4) is 0 Å². The molecule has 1 N–H and O–H groups in total. The van der Waals surface area contributed by atoms with Gasteiger partial charge in [-0.25, -0.2) is 0 Å². The van der Waals surface area contributed by atoms with E-state index in [9.17, 15) is 24.0 Å². The van der Waals surface area contributed by atoms with Crippen LogP contribution in [0, 0.1) is 0 Å². The third kappa shape index (κ3) is 15.3. The highest BCUT2D eigenvalue weighted by Crippen LogP contribution is 2.25. The molecule has 0 aromatic rings. The first kappa shape index (κ1) is 32.2. The molecule has 0 aromatic carbocycles. The van der Waals surface area contributed by atoms with Crippen molar-refractivity contribution in [1.29, 1.82) is 0 Å². The van der Waals surface area contributed by atoms with E-state index in [4.69, 9.17) is 19.3 Å². The van der Waals surface area contributed by atoms with Crippen LogP contribution >= 0.6 is 11.8 Å². The molecule has 0 aliphatic carbocycles. The Balaban J connectivity index is 1.85. The standard InChI is InChI=1S/C25H41NO9S/c1-2-36-22-19-23(29)26(25(22)32)12-11-21(28)8-4-6-14-34-16-18-35-17-15-33-13-5-3-7-20(27)9-10-24(30)31/h22H,2-19H2,1H3,(H,30,31). The van der Waals surface area contributed by atoms with Crippen LogP contribution < -0.4 is 0 Å². The molecule has 0 bridgehead atoms. The Morgan fingerprint density at radius 1 is 0.806 bits per heavy atom. The number of hydrogen-bond donors (Lipinski definition) is 1. The van der Waals surface area contributed by atoms with Crippen LogP contribution in [0.1, 0.15) is 71.1 Å². The van der Waals surface area contributed by atoms with Crippen LogP contribution in [0.5, 0.6) is 0 Å². The lowest BCUT2D eigenvalue weighted by Gasteiger charge is -2.14. The molecule has 1 atom stereocenters. The molecule has 10 nitrogen and oxygen atoms in total. The summed E-state index contributed by atoms with van der Waals surface area (Å²) in [7, 11) is 0. The number of ether oxygens (including phenoxy) is 3. The Morgan fingerprint density at radius 3 is 1.86 bits per heavy atom. The molecule has 1 rings (SSSR count). The van der Waals surface area contributed by atoms with Crippen molar-refractivity contribution < 1.29 is 43.3 Å². The summed E-state index contributed by atoms with van der Waals surface area (Å²) in [5, 5.41) is 8.24. The largest absolute Gasteiger partial charge is 0.481 e. The number of nitrogens with zero attached hydrogens (tertiary/aromatic N) is 1. The maximum Gasteiger partial charge on any atom is 0.303 e. The van der Waals surface area contributed by atoms with Crippen LogP contribution in [-0.4, -0.2) is 96.5 Å². The predicted octanol–water partition coefficient (Wildman–Crippen LogP) is 2.65. The predicted molar refractivity (Wildman–Crippen MR) is 135 cm³/mol. The highest BCUT2D eigenvalue weighted by molar-refractivity contribution is 8.00. The first-order valence-electron chi connectivity index (χ1n) is 12.8. The lowest BCUT2D eigenvalue weighted by Crippen LogP contribution is -2.33. The van der Waals surface area contributed by atoms with Crippen LogP contribution in [-0.2, 0) is 38.2 Å². The first-order valence-corrected chi connectivity index (χ1v) is 13.8. The number of unbranched alkanes of at least 4 members (excludes halogenated alkanes) is 2. The van der Waals surface area contributed by atoms with E-state index in [1.165, 1.54) is 16.7 Å². The van der Waals surface area contributed by atoms with Gasteiger partial charge in [-0.15, -0.1) is 11.8 Å². The molecular formula is C25H41NO9S. The number of carboxylic acids is 1. The fraction of sp³-hybridized carbons (Fsp3) is 0.800. The Hall–Kier alpha value is -1.82. The number of amides is 2. The normalized spacial score (nSPS) is 15.6. The van der Waals surface area contributed by atoms with E-state index in [1.807, 2.05) is 6.92 Å². The van der Waals surface area contributed by atoms with Gasteiger partial charge < -0.3 is 19.3 Å². The molecule has 0 aromatic heterocycles. The molecule has 1 aliphatic rings. The Labute approximate surface area is 217 Å². The number of carbonyl (C=O) groups excluding carboxylic acids is 4. The molecule has 1 unspecified atom stereocenters. The van der Waals surface area contributed by atoms with E-state index >= 15 is 0 Å². The number of Topliss-reactive ketones (excluding diaryl/α,β-unsaturated/α-hetero) is 2. The zero-order valence-electron chi connectivity index (χ0n) is 21.4. The van der Waals surface area contributed by atoms with Gasteiger partial charge in [-0.3, -0.25) is 28.9 Å². The van der Waals surface area contributed by atoms with E-state index in [0.717, 1.165) is 18.6 Å². The third-order valence-corrected chi connectivity index (χ3v) is 6.64. The van der Waals surface area contributed by atoms with Crippen molar-refractivity contribution in [3.05, 3.63) is 0 Å². The van der Waals surface area contributed by atoms with Gasteiger partial charge in [0.2, 0.25) is 11.8 Å². The molecule has 1 fully saturated rings. The molecule has 1 aliphatic heterocycles.